The minimum atomic E-state index is -0.370. The van der Waals surface area contributed by atoms with Crippen LogP contribution < -0.4 is 0 Å². The van der Waals surface area contributed by atoms with Crippen molar-refractivity contribution in [2.75, 3.05) is 7.05 Å². The zero-order valence-electron chi connectivity index (χ0n) is 14.3. The molecule has 26 heavy (non-hydrogen) atoms. The van der Waals surface area contributed by atoms with Crippen molar-refractivity contribution in [3.63, 3.8) is 0 Å². The third kappa shape index (κ3) is 4.29. The molecule has 0 bridgehead atoms. The topological polar surface area (TPSA) is 46.3 Å². The molecule has 6 heteroatoms. The predicted octanol–water partition coefficient (Wildman–Crippen LogP) is 4.73. The molecule has 0 atom stereocenters. The highest BCUT2D eigenvalue weighted by Gasteiger charge is 2.14. The van der Waals surface area contributed by atoms with E-state index in [0.29, 0.717) is 35.2 Å². The summed E-state index contributed by atoms with van der Waals surface area (Å²) in [5, 5.41) is 0.634. The molecule has 0 aliphatic heterocycles. The molecule has 0 saturated carbocycles. The Morgan fingerprint density at radius 3 is 2.69 bits per heavy atom. The van der Waals surface area contributed by atoms with E-state index in [1.54, 1.807) is 36.2 Å². The van der Waals surface area contributed by atoms with E-state index in [9.17, 15) is 9.18 Å². The second kappa shape index (κ2) is 8.15. The number of rotatable bonds is 6. The first-order valence-corrected chi connectivity index (χ1v) is 8.59. The third-order valence-electron chi connectivity index (χ3n) is 4.04. The lowest BCUT2D eigenvalue weighted by molar-refractivity contribution is -0.130. The molecule has 0 aliphatic carbocycles. The fourth-order valence-corrected chi connectivity index (χ4v) is 2.78. The van der Waals surface area contributed by atoms with Crippen molar-refractivity contribution in [3.05, 3.63) is 77.0 Å². The maximum Gasteiger partial charge on any atom is 0.223 e. The Balaban J connectivity index is 1.58. The van der Waals surface area contributed by atoms with Crippen LogP contribution in [0, 0.1) is 5.82 Å². The van der Waals surface area contributed by atoms with Gasteiger partial charge in [0.1, 0.15) is 5.82 Å². The van der Waals surface area contributed by atoms with E-state index in [2.05, 4.69) is 4.98 Å². The van der Waals surface area contributed by atoms with Crippen LogP contribution in [0.2, 0.25) is 5.02 Å². The lowest BCUT2D eigenvalue weighted by Crippen LogP contribution is -2.26. The summed E-state index contributed by atoms with van der Waals surface area (Å²) in [6, 6.07) is 13.8. The molecule has 3 aromatic rings. The van der Waals surface area contributed by atoms with Crippen LogP contribution in [0.4, 0.5) is 4.39 Å². The van der Waals surface area contributed by atoms with E-state index >= 15 is 0 Å². The highest BCUT2D eigenvalue weighted by Crippen LogP contribution is 2.23. The van der Waals surface area contributed by atoms with Crippen LogP contribution >= 0.6 is 11.6 Å². The molecule has 2 aromatic carbocycles. The third-order valence-corrected chi connectivity index (χ3v) is 4.41. The van der Waals surface area contributed by atoms with Gasteiger partial charge in [-0.2, -0.15) is 0 Å². The molecular formula is C20H18ClFN2O2. The van der Waals surface area contributed by atoms with E-state index in [1.165, 1.54) is 12.3 Å². The molecule has 1 heterocycles. The van der Waals surface area contributed by atoms with Crippen molar-refractivity contribution in [2.24, 2.45) is 0 Å². The molecule has 3 rings (SSSR count). The molecule has 134 valence electrons. The number of aryl methyl sites for hydroxylation is 1. The number of carbonyl (C=O) groups excluding carboxylic acids is 1. The number of carbonyl (C=O) groups is 1. The highest BCUT2D eigenvalue weighted by atomic mass is 35.5. The number of hydrogen-bond acceptors (Lipinski definition) is 3. The normalized spacial score (nSPS) is 10.7. The molecule has 0 N–H and O–H groups in total. The zero-order chi connectivity index (χ0) is 18.5. The summed E-state index contributed by atoms with van der Waals surface area (Å²) >= 11 is 6.13. The van der Waals surface area contributed by atoms with Crippen LogP contribution in [-0.2, 0) is 17.8 Å². The average Bonchev–Trinajstić information content (AvgIpc) is 3.10. The van der Waals surface area contributed by atoms with Crippen LogP contribution in [0.25, 0.3) is 11.3 Å². The number of aromatic nitrogens is 1. The van der Waals surface area contributed by atoms with Gasteiger partial charge in [0.05, 0.1) is 11.8 Å². The van der Waals surface area contributed by atoms with Crippen LogP contribution in [0.15, 0.2) is 59.1 Å². The smallest absolute Gasteiger partial charge is 0.223 e. The summed E-state index contributed by atoms with van der Waals surface area (Å²) in [6.07, 6.45) is 2.07. The van der Waals surface area contributed by atoms with Gasteiger partial charge in [0.2, 0.25) is 5.91 Å². The average molecular weight is 373 g/mol. The molecule has 0 aliphatic rings. The van der Waals surface area contributed by atoms with Gasteiger partial charge in [-0.15, -0.1) is 0 Å². The van der Waals surface area contributed by atoms with Gasteiger partial charge in [-0.25, -0.2) is 9.37 Å². The van der Waals surface area contributed by atoms with Gasteiger partial charge in [0.25, 0.3) is 0 Å². The minimum absolute atomic E-state index is 0.0458. The van der Waals surface area contributed by atoms with E-state index in [4.69, 9.17) is 16.0 Å². The summed E-state index contributed by atoms with van der Waals surface area (Å²) in [4.78, 5) is 18.1. The standard InChI is InChI=1S/C20H18ClFN2O2/c1-24(13-14-6-2-4-8-16(14)21)20(25)11-10-19-23-12-18(26-19)15-7-3-5-9-17(15)22/h2-9,12H,10-11,13H2,1H3. The Kier molecular flexibility index (Phi) is 5.68. The van der Waals surface area contributed by atoms with Gasteiger partial charge in [-0.05, 0) is 23.8 Å². The molecule has 4 nitrogen and oxygen atoms in total. The van der Waals surface area contributed by atoms with Crippen molar-refractivity contribution >= 4 is 17.5 Å². The van der Waals surface area contributed by atoms with Crippen molar-refractivity contribution in [3.8, 4) is 11.3 Å². The molecule has 1 aromatic heterocycles. The Bertz CT molecular complexity index is 910. The van der Waals surface area contributed by atoms with Gasteiger partial charge in [-0.1, -0.05) is 41.9 Å². The molecule has 0 fully saturated rings. The lowest BCUT2D eigenvalue weighted by atomic mass is 10.2. The zero-order valence-corrected chi connectivity index (χ0v) is 15.0. The summed E-state index contributed by atoms with van der Waals surface area (Å²) in [6.45, 7) is 0.435. The fraction of sp³-hybridized carbons (Fsp3) is 0.200. The summed E-state index contributed by atoms with van der Waals surface area (Å²) < 4.78 is 19.4. The van der Waals surface area contributed by atoms with Crippen molar-refractivity contribution < 1.29 is 13.6 Å². The monoisotopic (exact) mass is 372 g/mol. The molecular weight excluding hydrogens is 355 g/mol. The number of benzene rings is 2. The van der Waals surface area contributed by atoms with E-state index in [0.717, 1.165) is 5.56 Å². The summed E-state index contributed by atoms with van der Waals surface area (Å²) in [5.74, 6) is 0.346. The molecule has 0 unspecified atom stereocenters. The number of nitrogens with zero attached hydrogens (tertiary/aromatic N) is 2. The lowest BCUT2D eigenvalue weighted by Gasteiger charge is -2.17. The SMILES string of the molecule is CN(Cc1ccccc1Cl)C(=O)CCc1ncc(-c2ccccc2F)o1. The maximum atomic E-state index is 13.8. The van der Waals surface area contributed by atoms with Crippen molar-refractivity contribution in [1.82, 2.24) is 9.88 Å². The molecule has 1 amide bonds. The van der Waals surface area contributed by atoms with Gasteiger partial charge in [-0.3, -0.25) is 4.79 Å². The first-order chi connectivity index (χ1) is 12.5. The molecule has 0 saturated heterocycles. The van der Waals surface area contributed by atoms with Crippen LogP contribution in [0.3, 0.4) is 0 Å². The number of oxazole rings is 1. The highest BCUT2D eigenvalue weighted by molar-refractivity contribution is 6.31. The van der Waals surface area contributed by atoms with Crippen molar-refractivity contribution in [2.45, 2.75) is 19.4 Å². The van der Waals surface area contributed by atoms with Gasteiger partial charge in [0.15, 0.2) is 11.7 Å². The largest absolute Gasteiger partial charge is 0.441 e. The Morgan fingerprint density at radius 1 is 1.19 bits per heavy atom. The van der Waals surface area contributed by atoms with E-state index in [-0.39, 0.29) is 18.1 Å². The number of hydrogen-bond donors (Lipinski definition) is 0. The second-order valence-electron chi connectivity index (χ2n) is 5.94. The van der Waals surface area contributed by atoms with Crippen LogP contribution in [0.1, 0.15) is 17.9 Å². The van der Waals surface area contributed by atoms with E-state index < -0.39 is 0 Å². The van der Waals surface area contributed by atoms with Gasteiger partial charge < -0.3 is 9.32 Å². The van der Waals surface area contributed by atoms with Crippen LogP contribution in [-0.4, -0.2) is 22.8 Å². The quantitative estimate of drug-likeness (QED) is 0.628. The maximum absolute atomic E-state index is 13.8. The van der Waals surface area contributed by atoms with Gasteiger partial charge in [0, 0.05) is 31.5 Å². The van der Waals surface area contributed by atoms with Crippen molar-refractivity contribution in [1.29, 1.82) is 0 Å². The number of halogens is 2. The first-order valence-electron chi connectivity index (χ1n) is 8.21. The second-order valence-corrected chi connectivity index (χ2v) is 6.35. The first kappa shape index (κ1) is 18.1. The Labute approximate surface area is 156 Å². The number of amides is 1. The molecule has 0 radical (unpaired) electrons. The minimum Gasteiger partial charge on any atom is -0.441 e. The molecule has 0 spiro atoms. The van der Waals surface area contributed by atoms with Crippen LogP contribution in [0.5, 0.6) is 0 Å². The van der Waals surface area contributed by atoms with E-state index in [1.807, 2.05) is 18.2 Å². The van der Waals surface area contributed by atoms with Gasteiger partial charge >= 0.3 is 0 Å². The Morgan fingerprint density at radius 2 is 1.92 bits per heavy atom. The predicted molar refractivity (Wildman–Crippen MR) is 98.1 cm³/mol. The Hall–Kier alpha value is -2.66. The summed E-state index contributed by atoms with van der Waals surface area (Å²) in [7, 11) is 1.73. The summed E-state index contributed by atoms with van der Waals surface area (Å²) in [5.41, 5.74) is 1.25. The fourth-order valence-electron chi connectivity index (χ4n) is 2.59.